The number of anilines is 1. The SMILES string of the molecule is O=C(NC1CCCCC1)c1cnc(Cl)cc1NC1COC1. The number of pyridine rings is 1. The Morgan fingerprint density at radius 2 is 2.00 bits per heavy atom. The summed E-state index contributed by atoms with van der Waals surface area (Å²) in [5.41, 5.74) is 1.29. The number of carbonyl (C=O) groups is 1. The van der Waals surface area contributed by atoms with E-state index in [1.54, 1.807) is 12.3 Å². The number of rotatable bonds is 4. The van der Waals surface area contributed by atoms with Crippen molar-refractivity contribution in [3.05, 3.63) is 23.0 Å². The maximum Gasteiger partial charge on any atom is 0.255 e. The topological polar surface area (TPSA) is 63.2 Å². The Balaban J connectivity index is 1.71. The molecule has 1 aromatic heterocycles. The molecule has 6 heteroatoms. The predicted molar refractivity (Wildman–Crippen MR) is 81.8 cm³/mol. The van der Waals surface area contributed by atoms with E-state index < -0.39 is 0 Å². The van der Waals surface area contributed by atoms with Crippen LogP contribution < -0.4 is 10.6 Å². The number of ether oxygens (including phenoxy) is 1. The van der Waals surface area contributed by atoms with Crippen LogP contribution in [-0.2, 0) is 4.74 Å². The van der Waals surface area contributed by atoms with E-state index in [1.807, 2.05) is 0 Å². The molecular weight excluding hydrogens is 290 g/mol. The summed E-state index contributed by atoms with van der Waals surface area (Å²) >= 11 is 5.94. The van der Waals surface area contributed by atoms with Gasteiger partial charge in [-0.25, -0.2) is 4.98 Å². The smallest absolute Gasteiger partial charge is 0.255 e. The fourth-order valence-electron chi connectivity index (χ4n) is 2.78. The first-order valence-electron chi connectivity index (χ1n) is 7.53. The van der Waals surface area contributed by atoms with Crippen molar-refractivity contribution in [2.45, 2.75) is 44.2 Å². The summed E-state index contributed by atoms with van der Waals surface area (Å²) in [5, 5.41) is 6.79. The van der Waals surface area contributed by atoms with Gasteiger partial charge in [-0.3, -0.25) is 4.79 Å². The van der Waals surface area contributed by atoms with E-state index in [0.717, 1.165) is 18.5 Å². The highest BCUT2D eigenvalue weighted by molar-refractivity contribution is 6.29. The Labute approximate surface area is 129 Å². The molecule has 0 aromatic carbocycles. The molecule has 2 fully saturated rings. The van der Waals surface area contributed by atoms with Crippen LogP contribution in [0.1, 0.15) is 42.5 Å². The van der Waals surface area contributed by atoms with E-state index in [2.05, 4.69) is 15.6 Å². The molecule has 1 aliphatic heterocycles. The van der Waals surface area contributed by atoms with Crippen molar-refractivity contribution in [3.8, 4) is 0 Å². The number of hydrogen-bond donors (Lipinski definition) is 2. The predicted octanol–water partition coefficient (Wildman–Crippen LogP) is 2.61. The molecular formula is C15H20ClN3O2. The minimum Gasteiger partial charge on any atom is -0.377 e. The molecule has 1 saturated heterocycles. The van der Waals surface area contributed by atoms with Gasteiger partial charge in [0.05, 0.1) is 30.5 Å². The van der Waals surface area contributed by atoms with E-state index >= 15 is 0 Å². The number of amides is 1. The molecule has 21 heavy (non-hydrogen) atoms. The van der Waals surface area contributed by atoms with Gasteiger partial charge in [0.25, 0.3) is 5.91 Å². The van der Waals surface area contributed by atoms with E-state index in [-0.39, 0.29) is 18.0 Å². The molecule has 2 heterocycles. The second kappa shape index (κ2) is 6.62. The van der Waals surface area contributed by atoms with Crippen LogP contribution in [0.5, 0.6) is 0 Å². The summed E-state index contributed by atoms with van der Waals surface area (Å²) < 4.78 is 5.15. The third-order valence-corrected chi connectivity index (χ3v) is 4.26. The average Bonchev–Trinajstić information content (AvgIpc) is 2.44. The molecule has 5 nitrogen and oxygen atoms in total. The van der Waals surface area contributed by atoms with Crippen LogP contribution in [0.15, 0.2) is 12.3 Å². The van der Waals surface area contributed by atoms with Crippen LogP contribution in [0.4, 0.5) is 5.69 Å². The van der Waals surface area contributed by atoms with Crippen LogP contribution in [-0.4, -0.2) is 36.2 Å². The highest BCUT2D eigenvalue weighted by atomic mass is 35.5. The quantitative estimate of drug-likeness (QED) is 0.839. The lowest BCUT2D eigenvalue weighted by Gasteiger charge is -2.29. The first kappa shape index (κ1) is 14.6. The van der Waals surface area contributed by atoms with Gasteiger partial charge in [-0.1, -0.05) is 30.9 Å². The van der Waals surface area contributed by atoms with Gasteiger partial charge in [-0.2, -0.15) is 0 Å². The van der Waals surface area contributed by atoms with Crippen LogP contribution in [0.2, 0.25) is 5.15 Å². The Kier molecular flexibility index (Phi) is 4.60. The molecule has 1 saturated carbocycles. The van der Waals surface area contributed by atoms with Crippen molar-refractivity contribution < 1.29 is 9.53 Å². The number of halogens is 1. The van der Waals surface area contributed by atoms with Gasteiger partial charge in [0.2, 0.25) is 0 Å². The fraction of sp³-hybridized carbons (Fsp3) is 0.600. The highest BCUT2D eigenvalue weighted by Crippen LogP contribution is 2.23. The van der Waals surface area contributed by atoms with Crippen molar-refractivity contribution >= 4 is 23.2 Å². The third kappa shape index (κ3) is 3.66. The van der Waals surface area contributed by atoms with Crippen molar-refractivity contribution in [3.63, 3.8) is 0 Å². The second-order valence-electron chi connectivity index (χ2n) is 5.74. The summed E-state index contributed by atoms with van der Waals surface area (Å²) in [4.78, 5) is 16.5. The van der Waals surface area contributed by atoms with Crippen LogP contribution in [0.25, 0.3) is 0 Å². The molecule has 3 rings (SSSR count). The lowest BCUT2D eigenvalue weighted by atomic mass is 9.95. The molecule has 1 aromatic rings. The molecule has 0 atom stereocenters. The van der Waals surface area contributed by atoms with E-state index in [1.165, 1.54) is 19.3 Å². The summed E-state index contributed by atoms with van der Waals surface area (Å²) in [6.07, 6.45) is 7.31. The molecule has 0 bridgehead atoms. The summed E-state index contributed by atoms with van der Waals surface area (Å²) in [6, 6.07) is 2.22. The molecule has 0 spiro atoms. The van der Waals surface area contributed by atoms with Gasteiger partial charge < -0.3 is 15.4 Å². The zero-order valence-electron chi connectivity index (χ0n) is 11.9. The normalized spacial score (nSPS) is 19.9. The van der Waals surface area contributed by atoms with Crippen molar-refractivity contribution in [2.24, 2.45) is 0 Å². The fourth-order valence-corrected chi connectivity index (χ4v) is 2.94. The summed E-state index contributed by atoms with van der Waals surface area (Å²) in [7, 11) is 0. The minimum absolute atomic E-state index is 0.0752. The molecule has 0 radical (unpaired) electrons. The Morgan fingerprint density at radius 3 is 2.67 bits per heavy atom. The molecule has 1 amide bonds. The number of carbonyl (C=O) groups excluding carboxylic acids is 1. The average molecular weight is 310 g/mol. The standard InChI is InChI=1S/C15H20ClN3O2/c16-14-6-13(18-11-8-21-9-11)12(7-17-14)15(20)19-10-4-2-1-3-5-10/h6-7,10-11H,1-5,8-9H2,(H,17,18)(H,19,20). The monoisotopic (exact) mass is 309 g/mol. The molecule has 2 N–H and O–H groups in total. The lowest BCUT2D eigenvalue weighted by Crippen LogP contribution is -2.41. The molecule has 114 valence electrons. The van der Waals surface area contributed by atoms with E-state index in [0.29, 0.717) is 23.9 Å². The third-order valence-electron chi connectivity index (χ3n) is 4.05. The molecule has 0 unspecified atom stereocenters. The number of nitrogens with one attached hydrogen (secondary N) is 2. The van der Waals surface area contributed by atoms with Gasteiger partial charge in [-0.15, -0.1) is 0 Å². The Morgan fingerprint density at radius 1 is 1.24 bits per heavy atom. The first-order valence-corrected chi connectivity index (χ1v) is 7.91. The van der Waals surface area contributed by atoms with Crippen LogP contribution in [0.3, 0.4) is 0 Å². The summed E-state index contributed by atoms with van der Waals surface area (Å²) in [6.45, 7) is 1.31. The maximum absolute atomic E-state index is 12.5. The van der Waals surface area contributed by atoms with Gasteiger partial charge in [0.15, 0.2) is 0 Å². The number of aromatic nitrogens is 1. The van der Waals surface area contributed by atoms with E-state index in [4.69, 9.17) is 16.3 Å². The zero-order valence-corrected chi connectivity index (χ0v) is 12.7. The van der Waals surface area contributed by atoms with Gasteiger partial charge in [0, 0.05) is 12.2 Å². The second-order valence-corrected chi connectivity index (χ2v) is 6.13. The zero-order chi connectivity index (χ0) is 14.7. The van der Waals surface area contributed by atoms with Crippen molar-refractivity contribution in [2.75, 3.05) is 18.5 Å². The van der Waals surface area contributed by atoms with Gasteiger partial charge in [0.1, 0.15) is 5.15 Å². The molecule has 1 aliphatic carbocycles. The minimum atomic E-state index is -0.0752. The van der Waals surface area contributed by atoms with Gasteiger partial charge >= 0.3 is 0 Å². The van der Waals surface area contributed by atoms with Crippen molar-refractivity contribution in [1.82, 2.24) is 10.3 Å². The number of hydrogen-bond acceptors (Lipinski definition) is 4. The summed E-state index contributed by atoms with van der Waals surface area (Å²) in [5.74, 6) is -0.0752. The Bertz CT molecular complexity index is 514. The van der Waals surface area contributed by atoms with Crippen molar-refractivity contribution in [1.29, 1.82) is 0 Å². The van der Waals surface area contributed by atoms with Crippen LogP contribution in [0, 0.1) is 0 Å². The highest BCUT2D eigenvalue weighted by Gasteiger charge is 2.23. The lowest BCUT2D eigenvalue weighted by molar-refractivity contribution is 0.0210. The Hall–Kier alpha value is -1.33. The molecule has 2 aliphatic rings. The largest absolute Gasteiger partial charge is 0.377 e. The van der Waals surface area contributed by atoms with E-state index in [9.17, 15) is 4.79 Å². The first-order chi connectivity index (χ1) is 10.2. The number of nitrogens with zero attached hydrogens (tertiary/aromatic N) is 1. The van der Waals surface area contributed by atoms with Crippen LogP contribution >= 0.6 is 11.6 Å². The van der Waals surface area contributed by atoms with Gasteiger partial charge in [-0.05, 0) is 18.9 Å². The maximum atomic E-state index is 12.5.